The molecule has 2 unspecified atom stereocenters. The number of phosphoric ester groups is 1. The largest absolute Gasteiger partial charge is 0.472 e. The van der Waals surface area contributed by atoms with Crippen molar-refractivity contribution in [2.24, 2.45) is 17.6 Å². The highest BCUT2D eigenvalue weighted by Gasteiger charge is 2.25. The van der Waals surface area contributed by atoms with Crippen molar-refractivity contribution >= 4 is 13.8 Å². The van der Waals surface area contributed by atoms with Crippen molar-refractivity contribution in [2.75, 3.05) is 33.0 Å². The SMILES string of the molecule is CC(C)CCCCCCCCCCCCOCC(COP(=O)(O)OCCN)OC(=O)CCCCCCCCCCCC(C)C. The van der Waals surface area contributed by atoms with Gasteiger partial charge in [0.1, 0.15) is 6.10 Å². The molecule has 3 N–H and O–H groups in total. The molecule has 0 aliphatic carbocycles. The van der Waals surface area contributed by atoms with Gasteiger partial charge in [-0.2, -0.15) is 0 Å². The zero-order chi connectivity index (χ0) is 32.7. The summed E-state index contributed by atoms with van der Waals surface area (Å²) >= 11 is 0. The zero-order valence-electron chi connectivity index (χ0n) is 29.2. The number of phosphoric acid groups is 1. The minimum Gasteiger partial charge on any atom is -0.457 e. The van der Waals surface area contributed by atoms with Crippen LogP contribution in [-0.2, 0) is 27.9 Å². The van der Waals surface area contributed by atoms with Crippen LogP contribution in [0.2, 0.25) is 0 Å². The first-order valence-corrected chi connectivity index (χ1v) is 19.7. The number of hydrogen-bond donors (Lipinski definition) is 2. The van der Waals surface area contributed by atoms with Gasteiger partial charge in [-0.15, -0.1) is 0 Å². The van der Waals surface area contributed by atoms with Crippen LogP contribution in [0.25, 0.3) is 0 Å². The van der Waals surface area contributed by atoms with Gasteiger partial charge in [0, 0.05) is 19.6 Å². The normalized spacial score (nSPS) is 13.9. The summed E-state index contributed by atoms with van der Waals surface area (Å²) in [6.07, 6.45) is 25.5. The number of carbonyl (C=O) groups excluding carboxylic acids is 1. The highest BCUT2D eigenvalue weighted by molar-refractivity contribution is 7.47. The summed E-state index contributed by atoms with van der Waals surface area (Å²) in [5.41, 5.74) is 5.34. The van der Waals surface area contributed by atoms with E-state index in [-0.39, 0.29) is 32.3 Å². The number of carbonyl (C=O) groups is 1. The maximum absolute atomic E-state index is 12.5. The van der Waals surface area contributed by atoms with Gasteiger partial charge in [0.25, 0.3) is 0 Å². The predicted molar refractivity (Wildman–Crippen MR) is 183 cm³/mol. The van der Waals surface area contributed by atoms with Crippen LogP contribution in [0.5, 0.6) is 0 Å². The average Bonchev–Trinajstić information content (AvgIpc) is 2.97. The zero-order valence-corrected chi connectivity index (χ0v) is 30.1. The molecule has 0 bridgehead atoms. The molecule has 0 aliphatic heterocycles. The van der Waals surface area contributed by atoms with E-state index in [0.717, 1.165) is 43.9 Å². The van der Waals surface area contributed by atoms with E-state index in [1.54, 1.807) is 0 Å². The van der Waals surface area contributed by atoms with Crippen LogP contribution in [0.15, 0.2) is 0 Å². The minimum absolute atomic E-state index is 0.0921. The first kappa shape index (κ1) is 43.5. The number of nitrogens with two attached hydrogens (primary N) is 1. The second-order valence-corrected chi connectivity index (χ2v) is 14.9. The van der Waals surface area contributed by atoms with Gasteiger partial charge in [-0.05, 0) is 24.7 Å². The number of ether oxygens (including phenoxy) is 2. The molecule has 0 radical (unpaired) electrons. The van der Waals surface area contributed by atoms with E-state index < -0.39 is 13.9 Å². The van der Waals surface area contributed by atoms with Crippen LogP contribution in [-0.4, -0.2) is 49.9 Å². The fourth-order valence-electron chi connectivity index (χ4n) is 5.19. The lowest BCUT2D eigenvalue weighted by molar-refractivity contribution is -0.154. The predicted octanol–water partition coefficient (Wildman–Crippen LogP) is 9.90. The number of esters is 1. The summed E-state index contributed by atoms with van der Waals surface area (Å²) < 4.78 is 33.2. The maximum atomic E-state index is 12.5. The molecule has 0 heterocycles. The molecule has 44 heavy (non-hydrogen) atoms. The number of rotatable bonds is 34. The van der Waals surface area contributed by atoms with Crippen molar-refractivity contribution in [2.45, 2.75) is 175 Å². The molecule has 0 aromatic heterocycles. The molecule has 0 saturated carbocycles. The van der Waals surface area contributed by atoms with Crippen molar-refractivity contribution in [3.63, 3.8) is 0 Å². The van der Waals surface area contributed by atoms with E-state index in [1.807, 2.05) is 0 Å². The quantitative estimate of drug-likeness (QED) is 0.0402. The topological polar surface area (TPSA) is 117 Å². The molecule has 264 valence electrons. The molecule has 9 heteroatoms. The Labute approximate surface area is 271 Å². The second kappa shape index (κ2) is 31.1. The Morgan fingerprint density at radius 2 is 1.05 bits per heavy atom. The molecule has 0 aromatic carbocycles. The van der Waals surface area contributed by atoms with Crippen LogP contribution in [0.3, 0.4) is 0 Å². The van der Waals surface area contributed by atoms with Crippen molar-refractivity contribution in [3.05, 3.63) is 0 Å². The lowest BCUT2D eigenvalue weighted by atomic mass is 10.0. The summed E-state index contributed by atoms with van der Waals surface area (Å²) in [5, 5.41) is 0. The molecular weight excluding hydrogens is 577 g/mol. The van der Waals surface area contributed by atoms with Gasteiger partial charge in [-0.1, -0.05) is 150 Å². The summed E-state index contributed by atoms with van der Waals surface area (Å²) in [6, 6.07) is 0. The van der Waals surface area contributed by atoms with E-state index in [4.69, 9.17) is 24.3 Å². The van der Waals surface area contributed by atoms with Crippen LogP contribution in [0.1, 0.15) is 169 Å². The Morgan fingerprint density at radius 3 is 1.50 bits per heavy atom. The Kier molecular flexibility index (Phi) is 30.8. The van der Waals surface area contributed by atoms with Gasteiger partial charge in [-0.3, -0.25) is 13.8 Å². The van der Waals surface area contributed by atoms with Crippen molar-refractivity contribution < 1.29 is 32.8 Å². The monoisotopic (exact) mass is 650 g/mol. The molecule has 2 atom stereocenters. The van der Waals surface area contributed by atoms with Gasteiger partial charge in [0.2, 0.25) is 0 Å². The van der Waals surface area contributed by atoms with Crippen LogP contribution < -0.4 is 5.73 Å². The van der Waals surface area contributed by atoms with Gasteiger partial charge < -0.3 is 20.1 Å². The van der Waals surface area contributed by atoms with E-state index in [0.29, 0.717) is 13.0 Å². The lowest BCUT2D eigenvalue weighted by Crippen LogP contribution is -2.28. The molecule has 8 nitrogen and oxygen atoms in total. The summed E-state index contributed by atoms with van der Waals surface area (Å²) in [4.78, 5) is 22.3. The minimum atomic E-state index is -4.26. The van der Waals surface area contributed by atoms with Gasteiger partial charge in [0.05, 0.1) is 19.8 Å². The molecule has 0 aromatic rings. The molecule has 0 spiro atoms. The van der Waals surface area contributed by atoms with E-state index in [9.17, 15) is 14.3 Å². The Morgan fingerprint density at radius 1 is 0.614 bits per heavy atom. The molecular formula is C35H72NO7P. The smallest absolute Gasteiger partial charge is 0.457 e. The summed E-state index contributed by atoms with van der Waals surface area (Å²) in [7, 11) is -4.26. The van der Waals surface area contributed by atoms with Crippen LogP contribution >= 0.6 is 7.82 Å². The highest BCUT2D eigenvalue weighted by Crippen LogP contribution is 2.43. The third-order valence-electron chi connectivity index (χ3n) is 7.88. The van der Waals surface area contributed by atoms with Crippen molar-refractivity contribution in [1.82, 2.24) is 0 Å². The Hall–Kier alpha value is -0.500. The number of hydrogen-bond acceptors (Lipinski definition) is 7. The lowest BCUT2D eigenvalue weighted by Gasteiger charge is -2.20. The molecule has 0 aliphatic rings. The fraction of sp³-hybridized carbons (Fsp3) is 0.971. The van der Waals surface area contributed by atoms with E-state index >= 15 is 0 Å². The maximum Gasteiger partial charge on any atom is 0.472 e. The summed E-state index contributed by atoms with van der Waals surface area (Å²) in [6.45, 7) is 9.58. The van der Waals surface area contributed by atoms with Gasteiger partial charge >= 0.3 is 13.8 Å². The fourth-order valence-corrected chi connectivity index (χ4v) is 5.95. The third-order valence-corrected chi connectivity index (χ3v) is 8.86. The molecule has 0 fully saturated rings. The first-order valence-electron chi connectivity index (χ1n) is 18.3. The first-order chi connectivity index (χ1) is 21.2. The van der Waals surface area contributed by atoms with Crippen molar-refractivity contribution in [3.8, 4) is 0 Å². The highest BCUT2D eigenvalue weighted by atomic mass is 31.2. The van der Waals surface area contributed by atoms with Gasteiger partial charge in [0.15, 0.2) is 0 Å². The van der Waals surface area contributed by atoms with Crippen molar-refractivity contribution in [1.29, 1.82) is 0 Å². The Bertz CT molecular complexity index is 677. The van der Waals surface area contributed by atoms with E-state index in [2.05, 4.69) is 27.7 Å². The Balaban J connectivity index is 4.09. The summed E-state index contributed by atoms with van der Waals surface area (Å²) in [5.74, 6) is 1.29. The standard InChI is InChI=1S/C35H72NO7P/c1-32(2)24-20-16-12-8-5-6-11-15-19-23-28-40-30-34(31-42-44(38,39)41-29-27-36)43-35(37)26-22-18-14-10-7-9-13-17-21-25-33(3)4/h32-34H,5-31,36H2,1-4H3,(H,38,39). The third kappa shape index (κ3) is 32.9. The van der Waals surface area contributed by atoms with E-state index in [1.165, 1.54) is 103 Å². The second-order valence-electron chi connectivity index (χ2n) is 13.4. The van der Waals surface area contributed by atoms with Crippen LogP contribution in [0, 0.1) is 11.8 Å². The number of unbranched alkanes of at least 4 members (excludes halogenated alkanes) is 17. The molecule has 0 rings (SSSR count). The average molecular weight is 650 g/mol. The molecule has 0 saturated heterocycles. The van der Waals surface area contributed by atoms with Gasteiger partial charge in [-0.25, -0.2) is 4.57 Å². The van der Waals surface area contributed by atoms with Crippen LogP contribution in [0.4, 0.5) is 0 Å². The molecule has 0 amide bonds.